The topological polar surface area (TPSA) is 18.5 Å². The molecule has 0 fully saturated rings. The van der Waals surface area contributed by atoms with E-state index in [-0.39, 0.29) is 6.29 Å². The van der Waals surface area contributed by atoms with Crippen molar-refractivity contribution in [1.82, 2.24) is 0 Å². The van der Waals surface area contributed by atoms with E-state index in [0.717, 1.165) is 57.3 Å². The first-order valence-electron chi connectivity index (χ1n) is 8.90. The lowest BCUT2D eigenvalue weighted by molar-refractivity contribution is -0.118. The Bertz CT molecular complexity index is 383. The number of hydrogen-bond donors (Lipinski definition) is 0. The highest BCUT2D eigenvalue weighted by Gasteiger charge is 2.10. The molecule has 23 heavy (non-hydrogen) atoms. The van der Waals surface area contributed by atoms with Gasteiger partial charge in [-0.15, -0.1) is 0 Å². The molecule has 0 heterocycles. The second-order valence-electron chi connectivity index (χ2n) is 6.01. The van der Waals surface area contributed by atoms with E-state index < -0.39 is 0 Å². The third-order valence-electron chi connectivity index (χ3n) is 3.57. The van der Waals surface area contributed by atoms with Crippen LogP contribution in [0.2, 0.25) is 0 Å². The van der Waals surface area contributed by atoms with Gasteiger partial charge in [0.25, 0.3) is 0 Å². The van der Waals surface area contributed by atoms with Crippen LogP contribution >= 0.6 is 0 Å². The molecule has 2 nitrogen and oxygen atoms in total. The Morgan fingerprint density at radius 2 is 1.52 bits per heavy atom. The maximum Gasteiger partial charge on any atom is 0.179 e. The van der Waals surface area contributed by atoms with Crippen LogP contribution in [0.1, 0.15) is 66.2 Å². The summed E-state index contributed by atoms with van der Waals surface area (Å²) in [6.45, 7) is 17.7. The second kappa shape index (κ2) is 14.5. The zero-order chi connectivity index (χ0) is 17.5. The molecule has 0 rings (SSSR count). The van der Waals surface area contributed by atoms with Gasteiger partial charge in [0.15, 0.2) is 6.29 Å². The molecule has 0 aliphatic rings. The monoisotopic (exact) mass is 320 g/mol. The lowest BCUT2D eigenvalue weighted by Crippen LogP contribution is -2.19. The summed E-state index contributed by atoms with van der Waals surface area (Å²) in [5.74, 6) is 0. The number of rotatable bonds is 14. The van der Waals surface area contributed by atoms with E-state index in [0.29, 0.717) is 0 Å². The molecule has 0 aromatic rings. The lowest BCUT2D eigenvalue weighted by atomic mass is 10.1. The van der Waals surface area contributed by atoms with Crippen molar-refractivity contribution in [3.8, 4) is 0 Å². The van der Waals surface area contributed by atoms with Crippen LogP contribution in [-0.2, 0) is 9.47 Å². The van der Waals surface area contributed by atoms with Crippen LogP contribution < -0.4 is 0 Å². The number of ether oxygens (including phenoxy) is 2. The van der Waals surface area contributed by atoms with E-state index in [9.17, 15) is 0 Å². The molecule has 2 heteroatoms. The maximum atomic E-state index is 5.79. The van der Waals surface area contributed by atoms with Crippen molar-refractivity contribution >= 4 is 0 Å². The fourth-order valence-electron chi connectivity index (χ4n) is 2.09. The van der Waals surface area contributed by atoms with E-state index in [2.05, 4.69) is 53.0 Å². The standard InChI is InChI=1S/C21H36O2/c1-7-16-22-21(23-17-8-2)20(6)15-11-14-19(5)13-10-12-18(4)9-3/h9,13,15,21H,3-4,7-8,10-12,14,16-17H2,1-2,5-6H3. The predicted molar refractivity (Wildman–Crippen MR) is 102 cm³/mol. The summed E-state index contributed by atoms with van der Waals surface area (Å²) in [6, 6.07) is 0. The fourth-order valence-corrected chi connectivity index (χ4v) is 2.09. The average Bonchev–Trinajstić information content (AvgIpc) is 2.54. The minimum Gasteiger partial charge on any atom is -0.349 e. The van der Waals surface area contributed by atoms with Crippen molar-refractivity contribution in [2.45, 2.75) is 72.5 Å². The first-order chi connectivity index (χ1) is 11.0. The van der Waals surface area contributed by atoms with Crippen LogP contribution in [0.25, 0.3) is 0 Å². The third-order valence-corrected chi connectivity index (χ3v) is 3.57. The van der Waals surface area contributed by atoms with E-state index in [1.165, 1.54) is 11.1 Å². The highest BCUT2D eigenvalue weighted by molar-refractivity contribution is 5.12. The minimum atomic E-state index is -0.185. The molecule has 0 unspecified atom stereocenters. The number of allylic oxidation sites excluding steroid dienone is 5. The zero-order valence-electron chi connectivity index (χ0n) is 15.7. The van der Waals surface area contributed by atoms with Crippen LogP contribution in [0.3, 0.4) is 0 Å². The quantitative estimate of drug-likeness (QED) is 0.210. The largest absolute Gasteiger partial charge is 0.349 e. The van der Waals surface area contributed by atoms with E-state index in [4.69, 9.17) is 9.47 Å². The third kappa shape index (κ3) is 12.0. The molecular weight excluding hydrogens is 284 g/mol. The Morgan fingerprint density at radius 1 is 0.957 bits per heavy atom. The van der Waals surface area contributed by atoms with Gasteiger partial charge in [-0.1, -0.05) is 56.4 Å². The smallest absolute Gasteiger partial charge is 0.179 e. The maximum absolute atomic E-state index is 5.79. The van der Waals surface area contributed by atoms with Crippen LogP contribution in [0.5, 0.6) is 0 Å². The predicted octanol–water partition coefficient (Wildman–Crippen LogP) is 6.36. The minimum absolute atomic E-state index is 0.185. The van der Waals surface area contributed by atoms with Gasteiger partial charge in [-0.2, -0.15) is 0 Å². The van der Waals surface area contributed by atoms with Gasteiger partial charge < -0.3 is 9.47 Å². The van der Waals surface area contributed by atoms with E-state index in [1.807, 2.05) is 6.08 Å². The van der Waals surface area contributed by atoms with Crippen molar-refractivity contribution in [3.63, 3.8) is 0 Å². The van der Waals surface area contributed by atoms with Gasteiger partial charge in [-0.05, 0) is 57.9 Å². The molecular formula is C21H36O2. The Balaban J connectivity index is 4.28. The molecule has 0 saturated carbocycles. The highest BCUT2D eigenvalue weighted by atomic mass is 16.7. The SMILES string of the molecule is C=CC(=C)CCC=C(C)CCC=C(C)C(OCCC)OCCC. The fraction of sp³-hybridized carbons (Fsp3) is 0.619. The molecule has 0 bridgehead atoms. The summed E-state index contributed by atoms with van der Waals surface area (Å²) in [7, 11) is 0. The zero-order valence-corrected chi connectivity index (χ0v) is 15.7. The Hall–Kier alpha value is -1.12. The van der Waals surface area contributed by atoms with Gasteiger partial charge in [0.2, 0.25) is 0 Å². The molecule has 0 aromatic carbocycles. The van der Waals surface area contributed by atoms with E-state index >= 15 is 0 Å². The molecule has 132 valence electrons. The summed E-state index contributed by atoms with van der Waals surface area (Å²) in [6.07, 6.45) is 12.4. The molecule has 0 atom stereocenters. The van der Waals surface area contributed by atoms with Crippen LogP contribution in [0.15, 0.2) is 48.1 Å². The van der Waals surface area contributed by atoms with Crippen molar-refractivity contribution < 1.29 is 9.47 Å². The molecule has 0 spiro atoms. The normalized spacial score (nSPS) is 12.7. The van der Waals surface area contributed by atoms with E-state index in [1.54, 1.807) is 0 Å². The summed E-state index contributed by atoms with van der Waals surface area (Å²) in [5.41, 5.74) is 3.71. The van der Waals surface area contributed by atoms with Crippen LogP contribution in [-0.4, -0.2) is 19.5 Å². The van der Waals surface area contributed by atoms with Crippen molar-refractivity contribution in [1.29, 1.82) is 0 Å². The van der Waals surface area contributed by atoms with Gasteiger partial charge >= 0.3 is 0 Å². The summed E-state index contributed by atoms with van der Waals surface area (Å²) >= 11 is 0. The van der Waals surface area contributed by atoms with Gasteiger partial charge in [0.05, 0.1) is 0 Å². The second-order valence-corrected chi connectivity index (χ2v) is 6.01. The van der Waals surface area contributed by atoms with Crippen LogP contribution in [0.4, 0.5) is 0 Å². The molecule has 0 saturated heterocycles. The van der Waals surface area contributed by atoms with Gasteiger partial charge in [-0.25, -0.2) is 0 Å². The first kappa shape index (κ1) is 21.9. The summed E-state index contributed by atoms with van der Waals surface area (Å²) in [5, 5.41) is 0. The lowest BCUT2D eigenvalue weighted by Gasteiger charge is -2.19. The summed E-state index contributed by atoms with van der Waals surface area (Å²) < 4.78 is 11.6. The van der Waals surface area contributed by atoms with Crippen molar-refractivity contribution in [2.24, 2.45) is 0 Å². The molecule has 0 radical (unpaired) electrons. The molecule has 0 amide bonds. The Kier molecular flexibility index (Phi) is 13.8. The van der Waals surface area contributed by atoms with Crippen molar-refractivity contribution in [2.75, 3.05) is 13.2 Å². The molecule has 0 aliphatic carbocycles. The van der Waals surface area contributed by atoms with Gasteiger partial charge in [0, 0.05) is 13.2 Å². The van der Waals surface area contributed by atoms with Gasteiger partial charge in [0.1, 0.15) is 0 Å². The average molecular weight is 321 g/mol. The first-order valence-corrected chi connectivity index (χ1v) is 8.90. The van der Waals surface area contributed by atoms with Gasteiger partial charge in [-0.3, -0.25) is 0 Å². The molecule has 0 aliphatic heterocycles. The van der Waals surface area contributed by atoms with Crippen molar-refractivity contribution in [3.05, 3.63) is 48.1 Å². The summed E-state index contributed by atoms with van der Waals surface area (Å²) in [4.78, 5) is 0. The molecule has 0 aromatic heterocycles. The molecule has 0 N–H and O–H groups in total. The van der Waals surface area contributed by atoms with Crippen LogP contribution in [0, 0.1) is 0 Å². The number of hydrogen-bond acceptors (Lipinski definition) is 2. The Labute approximate surface area is 144 Å². The highest BCUT2D eigenvalue weighted by Crippen LogP contribution is 2.14. The Morgan fingerprint density at radius 3 is 2.04 bits per heavy atom.